The van der Waals surface area contributed by atoms with Gasteiger partial charge in [-0.3, -0.25) is 4.79 Å². The van der Waals surface area contributed by atoms with Gasteiger partial charge in [-0.05, 0) is 12.0 Å². The van der Waals surface area contributed by atoms with Crippen molar-refractivity contribution in [3.05, 3.63) is 35.9 Å². The summed E-state index contributed by atoms with van der Waals surface area (Å²) in [6.45, 7) is 0. The van der Waals surface area contributed by atoms with E-state index in [1.807, 2.05) is 30.3 Å². The molecule has 3 nitrogen and oxygen atoms in total. The van der Waals surface area contributed by atoms with Crippen LogP contribution < -0.4 is 4.98 Å². The molecule has 0 fully saturated rings. The minimum Gasteiger partial charge on any atom is -0.480 e. The Morgan fingerprint density at radius 1 is 1.46 bits per heavy atom. The van der Waals surface area contributed by atoms with E-state index in [0.717, 1.165) is 5.56 Å². The molecule has 2 N–H and O–H groups in total. The summed E-state index contributed by atoms with van der Waals surface area (Å²) in [4.78, 5) is 13.6. The maximum absolute atomic E-state index is 10.7. The molecule has 0 aromatic heterocycles. The van der Waals surface area contributed by atoms with Gasteiger partial charge in [-0.2, -0.15) is 0 Å². The van der Waals surface area contributed by atoms with Gasteiger partial charge in [0.2, 0.25) is 0 Å². The molecule has 0 amide bonds. The first-order valence-electron chi connectivity index (χ1n) is 4.18. The number of aliphatic carboxylic acids is 1. The first-order valence-corrected chi connectivity index (χ1v) is 5.18. The predicted octanol–water partition coefficient (Wildman–Crippen LogP) is -0.448. The molecule has 0 radical (unpaired) electrons. The summed E-state index contributed by atoms with van der Waals surface area (Å²) in [6, 6.07) is 9.20. The Morgan fingerprint density at radius 2 is 2.08 bits per heavy atom. The predicted molar refractivity (Wildman–Crippen MR) is 54.6 cm³/mol. The van der Waals surface area contributed by atoms with Crippen LogP contribution in [0.2, 0.25) is 0 Å². The first-order chi connectivity index (χ1) is 6.24. The van der Waals surface area contributed by atoms with Gasteiger partial charge in [-0.1, -0.05) is 30.3 Å². The van der Waals surface area contributed by atoms with E-state index in [-0.39, 0.29) is 0 Å². The first kappa shape index (κ1) is 9.95. The Bertz CT molecular complexity index is 276. The monoisotopic (exact) mass is 195 g/mol. The van der Waals surface area contributed by atoms with Crippen molar-refractivity contribution >= 4 is 16.4 Å². The molecule has 0 aliphatic rings. The molecular formula is C9H13NO2Si. The van der Waals surface area contributed by atoms with Crippen LogP contribution >= 0.6 is 0 Å². The second-order valence-corrected chi connectivity index (χ2v) is 3.45. The highest BCUT2D eigenvalue weighted by molar-refractivity contribution is 6.06. The van der Waals surface area contributed by atoms with Crippen molar-refractivity contribution in [2.45, 2.75) is 12.5 Å². The van der Waals surface area contributed by atoms with Crippen LogP contribution in [0.5, 0.6) is 0 Å². The largest absolute Gasteiger partial charge is 0.480 e. The van der Waals surface area contributed by atoms with E-state index < -0.39 is 12.0 Å². The minimum absolute atomic E-state index is 0.436. The molecule has 0 saturated carbocycles. The average molecular weight is 195 g/mol. The van der Waals surface area contributed by atoms with Crippen LogP contribution in [0.4, 0.5) is 0 Å². The van der Waals surface area contributed by atoms with Crippen LogP contribution in [0.25, 0.3) is 0 Å². The van der Waals surface area contributed by atoms with Crippen LogP contribution in [0.15, 0.2) is 30.3 Å². The fourth-order valence-electron chi connectivity index (χ4n) is 1.16. The highest BCUT2D eigenvalue weighted by Gasteiger charge is 2.14. The molecule has 1 aromatic rings. The van der Waals surface area contributed by atoms with E-state index in [2.05, 4.69) is 4.98 Å². The zero-order valence-electron chi connectivity index (χ0n) is 7.53. The lowest BCUT2D eigenvalue weighted by atomic mass is 10.1. The third-order valence-corrected chi connectivity index (χ3v) is 2.63. The normalized spacial score (nSPS) is 12.6. The molecule has 0 aliphatic heterocycles. The van der Waals surface area contributed by atoms with Gasteiger partial charge in [0.1, 0.15) is 6.04 Å². The van der Waals surface area contributed by atoms with Crippen LogP contribution in [0.1, 0.15) is 5.56 Å². The molecular weight excluding hydrogens is 182 g/mol. The Hall–Kier alpha value is -1.13. The number of nitrogens with one attached hydrogen (secondary N) is 1. The fourth-order valence-corrected chi connectivity index (χ4v) is 1.61. The molecule has 0 aliphatic carbocycles. The summed E-state index contributed by atoms with van der Waals surface area (Å²) >= 11 is 0. The lowest BCUT2D eigenvalue weighted by Crippen LogP contribution is -2.36. The summed E-state index contributed by atoms with van der Waals surface area (Å²) in [5.74, 6) is -0.779. The molecule has 1 aromatic carbocycles. The van der Waals surface area contributed by atoms with E-state index in [0.29, 0.717) is 16.8 Å². The Kier molecular flexibility index (Phi) is 3.66. The third kappa shape index (κ3) is 3.00. The highest BCUT2D eigenvalue weighted by Crippen LogP contribution is 2.02. The second kappa shape index (κ2) is 4.79. The SMILES string of the molecule is O=C(O)C(Cc1ccccc1)N[SiH3]. The molecule has 4 heteroatoms. The summed E-state index contributed by atoms with van der Waals surface area (Å²) in [5.41, 5.74) is 1.05. The average Bonchev–Trinajstić information content (AvgIpc) is 2.15. The maximum atomic E-state index is 10.7. The number of hydrogen-bond donors (Lipinski definition) is 2. The molecule has 0 spiro atoms. The lowest BCUT2D eigenvalue weighted by Gasteiger charge is -2.10. The highest BCUT2D eigenvalue weighted by atomic mass is 28.2. The Balaban J connectivity index is 2.62. The van der Waals surface area contributed by atoms with Gasteiger partial charge < -0.3 is 10.1 Å². The lowest BCUT2D eigenvalue weighted by molar-refractivity contribution is -0.138. The number of benzene rings is 1. The van der Waals surface area contributed by atoms with Crippen molar-refractivity contribution < 1.29 is 9.90 Å². The zero-order chi connectivity index (χ0) is 9.68. The van der Waals surface area contributed by atoms with Gasteiger partial charge in [-0.15, -0.1) is 0 Å². The van der Waals surface area contributed by atoms with Gasteiger partial charge in [-0.25, -0.2) is 0 Å². The topological polar surface area (TPSA) is 49.3 Å². The van der Waals surface area contributed by atoms with Crippen LogP contribution in [0, 0.1) is 0 Å². The number of rotatable bonds is 4. The standard InChI is InChI=1S/C9H13NO2Si/c11-9(12)8(10-13)6-7-4-2-1-3-5-7/h1-5,8,10H,6H2,13H3,(H,11,12). The Morgan fingerprint density at radius 3 is 2.54 bits per heavy atom. The molecule has 1 atom stereocenters. The zero-order valence-corrected chi connectivity index (χ0v) is 9.53. The quantitative estimate of drug-likeness (QED) is 0.640. The number of carbonyl (C=O) groups is 1. The molecule has 13 heavy (non-hydrogen) atoms. The molecule has 0 heterocycles. The van der Waals surface area contributed by atoms with E-state index in [9.17, 15) is 4.79 Å². The smallest absolute Gasteiger partial charge is 0.320 e. The summed E-state index contributed by atoms with van der Waals surface area (Å²) in [5, 5.41) is 8.79. The number of carboxylic acids is 1. The van der Waals surface area contributed by atoms with E-state index >= 15 is 0 Å². The van der Waals surface area contributed by atoms with Crippen molar-refractivity contribution in [3.8, 4) is 0 Å². The minimum atomic E-state index is -0.779. The summed E-state index contributed by atoms with van der Waals surface area (Å²) < 4.78 is 0. The number of carboxylic acid groups (broad SMARTS) is 1. The third-order valence-electron chi connectivity index (χ3n) is 1.93. The molecule has 1 rings (SSSR count). The molecule has 70 valence electrons. The fraction of sp³-hybridized carbons (Fsp3) is 0.222. The van der Waals surface area contributed by atoms with Crippen LogP contribution in [0.3, 0.4) is 0 Å². The van der Waals surface area contributed by atoms with Crippen molar-refractivity contribution in [2.75, 3.05) is 0 Å². The maximum Gasteiger partial charge on any atom is 0.320 e. The van der Waals surface area contributed by atoms with Gasteiger partial charge in [0.15, 0.2) is 0 Å². The van der Waals surface area contributed by atoms with Crippen molar-refractivity contribution in [2.24, 2.45) is 0 Å². The summed E-state index contributed by atoms with van der Waals surface area (Å²) in [6.07, 6.45) is 0.555. The number of hydrogen-bond acceptors (Lipinski definition) is 2. The molecule has 0 saturated heterocycles. The van der Waals surface area contributed by atoms with E-state index in [1.165, 1.54) is 0 Å². The van der Waals surface area contributed by atoms with Gasteiger partial charge in [0.05, 0.1) is 10.4 Å². The van der Waals surface area contributed by atoms with E-state index in [4.69, 9.17) is 5.11 Å². The molecule has 0 bridgehead atoms. The molecule has 1 unspecified atom stereocenters. The van der Waals surface area contributed by atoms with Crippen molar-refractivity contribution in [1.82, 2.24) is 4.98 Å². The van der Waals surface area contributed by atoms with Crippen molar-refractivity contribution in [1.29, 1.82) is 0 Å². The van der Waals surface area contributed by atoms with E-state index in [1.54, 1.807) is 0 Å². The van der Waals surface area contributed by atoms with Gasteiger partial charge >= 0.3 is 5.97 Å². The van der Waals surface area contributed by atoms with Gasteiger partial charge in [0, 0.05) is 0 Å². The van der Waals surface area contributed by atoms with Crippen molar-refractivity contribution in [3.63, 3.8) is 0 Å². The van der Waals surface area contributed by atoms with Crippen LogP contribution in [-0.4, -0.2) is 27.5 Å². The Labute approximate surface area is 80.3 Å². The van der Waals surface area contributed by atoms with Crippen LogP contribution in [-0.2, 0) is 11.2 Å². The summed E-state index contributed by atoms with van der Waals surface area (Å²) in [7, 11) is 0.700. The second-order valence-electron chi connectivity index (χ2n) is 2.87. The van der Waals surface area contributed by atoms with Gasteiger partial charge in [0.25, 0.3) is 0 Å².